The number of nitrogens with zero attached hydrogens (tertiary/aromatic N) is 2. The topological polar surface area (TPSA) is 211 Å². The Labute approximate surface area is 377 Å². The Morgan fingerprint density at radius 3 is 2.16 bits per heavy atom. The average Bonchev–Trinajstić information content (AvgIpc) is 3.20. The molecule has 64 heavy (non-hydrogen) atoms. The monoisotopic (exact) mass is 884 g/mol. The van der Waals surface area contributed by atoms with Crippen molar-refractivity contribution in [3.63, 3.8) is 0 Å². The third-order valence-electron chi connectivity index (χ3n) is 11.6. The fraction of sp³-hybridized carbons (Fsp3) is 0.571. The largest absolute Gasteiger partial charge is 0.457 e. The van der Waals surface area contributed by atoms with Gasteiger partial charge in [0, 0.05) is 24.0 Å². The second-order valence-corrected chi connectivity index (χ2v) is 19.9. The second kappa shape index (κ2) is 21.9. The van der Waals surface area contributed by atoms with Crippen LogP contribution in [0.25, 0.3) is 10.9 Å². The minimum Gasteiger partial charge on any atom is -0.457 e. The molecule has 2 aromatic carbocycles. The molecule has 0 bridgehead atoms. The number of benzene rings is 2. The number of alkyl carbamates (subject to hydrolysis) is 1. The van der Waals surface area contributed by atoms with Gasteiger partial charge < -0.3 is 36.5 Å². The first-order valence-electron chi connectivity index (χ1n) is 22.7. The van der Waals surface area contributed by atoms with E-state index in [0.717, 1.165) is 36.6 Å². The Balaban J connectivity index is 1.54. The van der Waals surface area contributed by atoms with E-state index in [1.165, 1.54) is 6.07 Å². The SMILES string of the molecule is CC(C)C[C@H](NC(=O)OC(C)(C)C)C(=O)O[C@H](CN1C[C@H]2CCCC[C@H]2C[C@H]1C(=O)NC(C)(C)C)[C@H](Cc1ccccc1)NC(=O)[C@H](CC(N)=O)NC(=O)c1ccc2ccccc2n1. The van der Waals surface area contributed by atoms with Gasteiger partial charge in [-0.3, -0.25) is 24.1 Å². The summed E-state index contributed by atoms with van der Waals surface area (Å²) in [7, 11) is 0. The van der Waals surface area contributed by atoms with Crippen LogP contribution >= 0.6 is 0 Å². The van der Waals surface area contributed by atoms with Gasteiger partial charge in [-0.15, -0.1) is 0 Å². The fourth-order valence-corrected chi connectivity index (χ4v) is 8.73. The zero-order chi connectivity index (χ0) is 46.8. The molecule has 1 aliphatic carbocycles. The van der Waals surface area contributed by atoms with Crippen LogP contribution in [0.4, 0.5) is 4.79 Å². The summed E-state index contributed by atoms with van der Waals surface area (Å²) in [5.74, 6) is -2.53. The summed E-state index contributed by atoms with van der Waals surface area (Å²) in [4.78, 5) is 89.2. The molecule has 0 radical (unpaired) electrons. The molecule has 1 saturated heterocycles. The quantitative estimate of drug-likeness (QED) is 0.106. The molecule has 348 valence electrons. The predicted octanol–water partition coefficient (Wildman–Crippen LogP) is 5.58. The van der Waals surface area contributed by atoms with Crippen LogP contribution in [0.5, 0.6) is 0 Å². The number of aromatic nitrogens is 1. The number of ether oxygens (including phenoxy) is 2. The van der Waals surface area contributed by atoms with Gasteiger partial charge in [0.15, 0.2) is 0 Å². The number of para-hydroxylation sites is 1. The lowest BCUT2D eigenvalue weighted by Crippen LogP contribution is -2.62. The van der Waals surface area contributed by atoms with Crippen molar-refractivity contribution in [1.82, 2.24) is 31.2 Å². The molecule has 1 aliphatic heterocycles. The number of piperidine rings is 1. The highest BCUT2D eigenvalue weighted by Crippen LogP contribution is 2.39. The number of primary amides is 1. The Hall–Kier alpha value is -5.57. The summed E-state index contributed by atoms with van der Waals surface area (Å²) < 4.78 is 12.0. The molecule has 6 N–H and O–H groups in total. The minimum atomic E-state index is -1.43. The molecule has 5 amide bonds. The fourth-order valence-electron chi connectivity index (χ4n) is 8.73. The van der Waals surface area contributed by atoms with Gasteiger partial charge in [0.2, 0.25) is 17.7 Å². The number of hydrogen-bond donors (Lipinski definition) is 5. The lowest BCUT2D eigenvalue weighted by atomic mass is 9.72. The van der Waals surface area contributed by atoms with E-state index in [-0.39, 0.29) is 36.9 Å². The molecule has 5 rings (SSSR count). The Kier molecular flexibility index (Phi) is 16.9. The van der Waals surface area contributed by atoms with Crippen LogP contribution in [0.3, 0.4) is 0 Å². The number of carbonyl (C=O) groups is 6. The molecule has 2 heterocycles. The molecule has 0 unspecified atom stereocenters. The maximum absolute atomic E-state index is 14.6. The molecule has 15 nitrogen and oxygen atoms in total. The number of esters is 1. The van der Waals surface area contributed by atoms with Gasteiger partial charge in [0.1, 0.15) is 29.5 Å². The number of nitrogens with two attached hydrogens (primary N) is 1. The maximum Gasteiger partial charge on any atom is 0.408 e. The van der Waals surface area contributed by atoms with Crippen molar-refractivity contribution < 1.29 is 38.2 Å². The van der Waals surface area contributed by atoms with Crippen molar-refractivity contribution >= 4 is 46.6 Å². The normalized spacial score (nSPS) is 19.9. The van der Waals surface area contributed by atoms with Crippen molar-refractivity contribution in [3.05, 3.63) is 78.0 Å². The maximum atomic E-state index is 14.6. The van der Waals surface area contributed by atoms with Gasteiger partial charge >= 0.3 is 12.1 Å². The molecular formula is C49H69N7O8. The zero-order valence-corrected chi connectivity index (χ0v) is 38.8. The number of fused-ring (bicyclic) bond motifs is 2. The molecule has 7 atom stereocenters. The van der Waals surface area contributed by atoms with Gasteiger partial charge in [-0.1, -0.05) is 87.7 Å². The van der Waals surface area contributed by atoms with Crippen LogP contribution in [-0.2, 0) is 35.1 Å². The number of amides is 5. The van der Waals surface area contributed by atoms with Crippen molar-refractivity contribution in [3.8, 4) is 0 Å². The van der Waals surface area contributed by atoms with Gasteiger partial charge in [-0.05, 0) is 103 Å². The first kappa shape index (κ1) is 49.4. The minimum absolute atomic E-state index is 0.0352. The van der Waals surface area contributed by atoms with Gasteiger partial charge in [0.25, 0.3) is 5.91 Å². The highest BCUT2D eigenvalue weighted by molar-refractivity contribution is 5.99. The number of likely N-dealkylation sites (tertiary alicyclic amines) is 1. The molecule has 0 spiro atoms. The van der Waals surface area contributed by atoms with E-state index in [9.17, 15) is 28.8 Å². The smallest absolute Gasteiger partial charge is 0.408 e. The van der Waals surface area contributed by atoms with Crippen LogP contribution in [-0.4, -0.2) is 100 Å². The van der Waals surface area contributed by atoms with E-state index in [1.807, 2.05) is 77.1 Å². The van der Waals surface area contributed by atoms with Crippen molar-refractivity contribution in [1.29, 1.82) is 0 Å². The molecule has 2 aliphatic rings. The number of nitrogens with one attached hydrogen (secondary N) is 4. The molecule has 3 aromatic rings. The molecular weight excluding hydrogens is 815 g/mol. The van der Waals surface area contributed by atoms with Crippen LogP contribution in [0.15, 0.2) is 66.7 Å². The summed E-state index contributed by atoms with van der Waals surface area (Å²) in [6.45, 7) is 15.4. The molecule has 15 heteroatoms. The standard InChI is InChI=1S/C49H69N7O8/c1-30(2)24-39(54-47(62)64-49(6,7)8)46(61)63-41(29-56-28-34-20-13-12-19-33(34)26-40(56)45(60)55-48(3,4)5)37(25-31-16-10-9-11-17-31)52-44(59)38(27-42(50)57)53-43(58)36-23-22-32-18-14-15-21-35(32)51-36/h9-11,14-18,21-23,30,33-34,37-41H,12-13,19-20,24-29H2,1-8H3,(H2,50,57)(H,52,59)(H,53,58)(H,54,62)(H,55,60)/t33-,34+,37-,38-,39-,40-,41+/m0/s1. The third-order valence-corrected chi connectivity index (χ3v) is 11.6. The van der Waals surface area contributed by atoms with Crippen molar-refractivity contribution in [2.24, 2.45) is 23.5 Å². The number of hydrogen-bond acceptors (Lipinski definition) is 10. The molecule has 2 fully saturated rings. The number of pyridine rings is 1. The van der Waals surface area contributed by atoms with E-state index in [1.54, 1.807) is 39.0 Å². The Bertz CT molecular complexity index is 2100. The first-order chi connectivity index (χ1) is 30.1. The summed E-state index contributed by atoms with van der Waals surface area (Å²) >= 11 is 0. The van der Waals surface area contributed by atoms with E-state index in [4.69, 9.17) is 15.2 Å². The summed E-state index contributed by atoms with van der Waals surface area (Å²) in [6, 6.07) is 15.8. The highest BCUT2D eigenvalue weighted by atomic mass is 16.6. The predicted molar refractivity (Wildman–Crippen MR) is 245 cm³/mol. The van der Waals surface area contributed by atoms with E-state index in [0.29, 0.717) is 30.3 Å². The van der Waals surface area contributed by atoms with Crippen molar-refractivity contribution in [2.75, 3.05) is 13.1 Å². The number of carbonyl (C=O) groups excluding carboxylic acids is 6. The van der Waals surface area contributed by atoms with Gasteiger partial charge in [0.05, 0.1) is 24.0 Å². The average molecular weight is 884 g/mol. The van der Waals surface area contributed by atoms with Crippen molar-refractivity contribution in [2.45, 2.75) is 148 Å². The van der Waals surface area contributed by atoms with Crippen LogP contribution in [0.2, 0.25) is 0 Å². The summed E-state index contributed by atoms with van der Waals surface area (Å²) in [5.41, 5.74) is 5.73. The molecule has 1 saturated carbocycles. The zero-order valence-electron chi connectivity index (χ0n) is 38.8. The second-order valence-electron chi connectivity index (χ2n) is 19.9. The van der Waals surface area contributed by atoms with E-state index >= 15 is 0 Å². The van der Waals surface area contributed by atoms with Crippen LogP contribution < -0.4 is 27.0 Å². The first-order valence-corrected chi connectivity index (χ1v) is 22.7. The van der Waals surface area contributed by atoms with Gasteiger partial charge in [-0.2, -0.15) is 0 Å². The third kappa shape index (κ3) is 15.0. The highest BCUT2D eigenvalue weighted by Gasteiger charge is 2.44. The van der Waals surface area contributed by atoms with E-state index in [2.05, 4.69) is 31.2 Å². The molecule has 1 aromatic heterocycles. The lowest BCUT2D eigenvalue weighted by Gasteiger charge is -2.47. The van der Waals surface area contributed by atoms with Crippen LogP contribution in [0.1, 0.15) is 116 Å². The Morgan fingerprint density at radius 2 is 1.50 bits per heavy atom. The summed E-state index contributed by atoms with van der Waals surface area (Å²) in [5, 5.41) is 12.4. The van der Waals surface area contributed by atoms with E-state index < -0.39 is 77.6 Å². The van der Waals surface area contributed by atoms with Gasteiger partial charge in [-0.25, -0.2) is 14.6 Å². The number of rotatable bonds is 17. The summed E-state index contributed by atoms with van der Waals surface area (Å²) in [6.07, 6.45) is 2.77. The Morgan fingerprint density at radius 1 is 0.828 bits per heavy atom. The van der Waals surface area contributed by atoms with Crippen LogP contribution in [0, 0.1) is 17.8 Å². The lowest BCUT2D eigenvalue weighted by molar-refractivity contribution is -0.157.